The predicted molar refractivity (Wildman–Crippen MR) is 157 cm³/mol. The fourth-order valence-corrected chi connectivity index (χ4v) is 8.58. The molecular weight excluding hydrogens is 663 g/mol. The number of carbonyl (C=O) groups is 4. The molecule has 0 aromatic heterocycles. The average Bonchev–Trinajstić information content (AvgIpc) is 3.65. The molecule has 2 aliphatic carbocycles. The van der Waals surface area contributed by atoms with E-state index in [9.17, 15) is 30.8 Å². The second-order valence-corrected chi connectivity index (χ2v) is 17.4. The van der Waals surface area contributed by atoms with Crippen molar-refractivity contribution in [2.75, 3.05) is 13.1 Å². The zero-order valence-electron chi connectivity index (χ0n) is 24.9. The van der Waals surface area contributed by atoms with Gasteiger partial charge in [0, 0.05) is 43.4 Å². The van der Waals surface area contributed by atoms with Crippen molar-refractivity contribution in [1.29, 1.82) is 0 Å². The molecule has 0 radical (unpaired) electrons. The molecule has 6 rings (SSSR count). The Morgan fingerprint density at radius 1 is 0.905 bits per heavy atom. The van der Waals surface area contributed by atoms with Crippen LogP contribution in [0.5, 0.6) is 0 Å². The first kappa shape index (κ1) is 32.3. The Bertz CT molecular complexity index is 1280. The van der Waals surface area contributed by atoms with Gasteiger partial charge in [-0.3, -0.25) is 4.79 Å². The quantitative estimate of drug-likeness (QED) is 0.375. The summed E-state index contributed by atoms with van der Waals surface area (Å²) in [5.74, 6) is -0.0515. The fraction of sp³-hybridized carbons (Fsp3) is 0.655. The first-order chi connectivity index (χ1) is 19.3. The molecule has 1 aromatic rings. The van der Waals surface area contributed by atoms with Gasteiger partial charge in [-0.25, -0.2) is 9.59 Å². The number of ketones is 1. The van der Waals surface area contributed by atoms with Crippen molar-refractivity contribution in [3.8, 4) is 0 Å². The fourth-order valence-electron chi connectivity index (χ4n) is 5.77. The van der Waals surface area contributed by atoms with E-state index in [1.54, 1.807) is 21.9 Å². The zero-order chi connectivity index (χ0) is 31.2. The number of aliphatic hydroxyl groups is 1. The van der Waals surface area contributed by atoms with Crippen LogP contribution in [0.3, 0.4) is 0 Å². The van der Waals surface area contributed by atoms with Crippen LogP contribution in [0, 0.1) is 15.4 Å². The summed E-state index contributed by atoms with van der Waals surface area (Å²) in [6.07, 6.45) is 2.27. The Morgan fingerprint density at radius 3 is 1.90 bits per heavy atom. The van der Waals surface area contributed by atoms with Gasteiger partial charge in [-0.1, -0.05) is 0 Å². The molecule has 2 saturated carbocycles. The number of benzene rings is 1. The summed E-state index contributed by atoms with van der Waals surface area (Å²) >= 11 is -4.54. The number of hydrogen-bond donors (Lipinski definition) is 2. The maximum absolute atomic E-state index is 11.8. The molecule has 0 spiro atoms. The van der Waals surface area contributed by atoms with E-state index in [0.29, 0.717) is 31.7 Å². The van der Waals surface area contributed by atoms with Gasteiger partial charge in [-0.2, -0.15) is 0 Å². The molecule has 13 heteroatoms. The summed E-state index contributed by atoms with van der Waals surface area (Å²) in [6, 6.07) is 6.45. The van der Waals surface area contributed by atoms with E-state index in [1.165, 1.54) is 12.1 Å². The standard InChI is InChI=1S/C11H19NO3.C11H17NO3.C7H5IO4/c2*1-11(2,3)15-10(14)12-6-7-4-8(12)5-9(7)13;9-7-5-3-1-2-4-6(5)8(10,11)12-7/h7-9,13H,4-6H2,1-3H3;7-8H,4-6H2,1-3H3;1-4H,(H,10,11)/t7-,8-,9+;7-,8-;/m11./s1. The molecule has 3 heterocycles. The monoisotopic (exact) mass is 704 g/mol. The molecule has 2 amide bonds. The van der Waals surface area contributed by atoms with E-state index in [-0.39, 0.29) is 51.3 Å². The molecule has 3 aliphatic heterocycles. The molecule has 5 aliphatic rings. The van der Waals surface area contributed by atoms with Gasteiger partial charge in [0.25, 0.3) is 0 Å². The van der Waals surface area contributed by atoms with Crippen molar-refractivity contribution in [3.63, 3.8) is 0 Å². The molecule has 234 valence electrons. The van der Waals surface area contributed by atoms with E-state index < -0.39 is 36.4 Å². The summed E-state index contributed by atoms with van der Waals surface area (Å²) in [7, 11) is 0. The van der Waals surface area contributed by atoms with Crippen LogP contribution in [-0.2, 0) is 20.4 Å². The number of hydrogen-bond acceptors (Lipinski definition) is 9. The third-order valence-corrected chi connectivity index (χ3v) is 11.0. The SMILES string of the molecule is CC(C)(C)OC(=O)N1C[C@H]2C[C@@H]1CC2=O.CC(C)(C)OC(=O)N1C[C@H]2C[C@@H]1C[C@@H]2O.O=C1OI(=O)(O)c2ccccc21. The number of carbonyl (C=O) groups excluding carboxylic acids is 4. The van der Waals surface area contributed by atoms with Gasteiger partial charge in [-0.05, 0) is 60.8 Å². The molecule has 1 unspecified atom stereocenters. The van der Waals surface area contributed by atoms with E-state index in [4.69, 9.17) is 9.47 Å². The maximum atomic E-state index is 11.8. The minimum absolute atomic E-state index is 0.0718. The second-order valence-electron chi connectivity index (χ2n) is 13.3. The number of halogens is 1. The number of Topliss-reactive ketones (excluding diaryl/α,β-unsaturated/α-hetero) is 1. The number of rotatable bonds is 0. The van der Waals surface area contributed by atoms with Crippen LogP contribution in [0.25, 0.3) is 0 Å². The summed E-state index contributed by atoms with van der Waals surface area (Å²) in [5, 5.41) is 9.57. The molecule has 6 atom stereocenters. The van der Waals surface area contributed by atoms with E-state index in [2.05, 4.69) is 3.07 Å². The summed E-state index contributed by atoms with van der Waals surface area (Å²) < 4.78 is 35.5. The number of piperidine rings is 2. The Labute approximate surface area is 250 Å². The van der Waals surface area contributed by atoms with Crippen molar-refractivity contribution in [3.05, 3.63) is 33.4 Å². The van der Waals surface area contributed by atoms with Crippen molar-refractivity contribution < 1.29 is 43.3 Å². The Kier molecular flexibility index (Phi) is 9.06. The number of amides is 2. The number of nitrogens with zero attached hydrogens (tertiary/aromatic N) is 2. The van der Waals surface area contributed by atoms with Gasteiger partial charge in [0.2, 0.25) is 0 Å². The normalized spacial score (nSPS) is 32.1. The molecule has 4 fully saturated rings. The minimum atomic E-state index is -4.54. The molecule has 1 aromatic carbocycles. The van der Waals surface area contributed by atoms with Crippen molar-refractivity contribution >= 4 is 43.2 Å². The molecule has 4 bridgehead atoms. The number of ether oxygens (including phenoxy) is 2. The molecule has 2 N–H and O–H groups in total. The first-order valence-corrected chi connectivity index (χ1v) is 17.9. The van der Waals surface area contributed by atoms with Gasteiger partial charge in [0.1, 0.15) is 17.0 Å². The average molecular weight is 705 g/mol. The summed E-state index contributed by atoms with van der Waals surface area (Å²) in [6.45, 7) is 12.4. The van der Waals surface area contributed by atoms with Crippen molar-refractivity contribution in [2.45, 2.75) is 96.6 Å². The van der Waals surface area contributed by atoms with E-state index in [1.807, 2.05) is 41.5 Å². The molecule has 42 heavy (non-hydrogen) atoms. The third kappa shape index (κ3) is 7.46. The van der Waals surface area contributed by atoms with Crippen LogP contribution in [0.4, 0.5) is 9.59 Å². The summed E-state index contributed by atoms with van der Waals surface area (Å²) in [4.78, 5) is 49.3. The second kappa shape index (κ2) is 11.8. The van der Waals surface area contributed by atoms with E-state index >= 15 is 0 Å². The Balaban J connectivity index is 0.000000146. The van der Waals surface area contributed by atoms with Gasteiger partial charge in [0.15, 0.2) is 0 Å². The molecule has 12 nitrogen and oxygen atoms in total. The number of aliphatic hydroxyl groups excluding tert-OH is 1. The van der Waals surface area contributed by atoms with Crippen molar-refractivity contribution in [1.82, 2.24) is 9.80 Å². The first-order valence-electron chi connectivity index (χ1n) is 14.1. The summed E-state index contributed by atoms with van der Waals surface area (Å²) in [5.41, 5.74) is -0.674. The van der Waals surface area contributed by atoms with Crippen LogP contribution < -0.4 is 0 Å². The van der Waals surface area contributed by atoms with Gasteiger partial charge < -0.3 is 24.4 Å². The van der Waals surface area contributed by atoms with Crippen molar-refractivity contribution in [2.24, 2.45) is 11.8 Å². The number of likely N-dealkylation sites (tertiary alicyclic amines) is 2. The van der Waals surface area contributed by atoms with Gasteiger partial charge in [-0.15, -0.1) is 0 Å². The zero-order valence-corrected chi connectivity index (χ0v) is 27.0. The van der Waals surface area contributed by atoms with Crippen LogP contribution in [0.15, 0.2) is 24.3 Å². The molecule has 2 saturated heterocycles. The number of fused-ring (bicyclic) bond motifs is 5. The topological polar surface area (TPSA) is 160 Å². The van der Waals surface area contributed by atoms with Crippen LogP contribution in [-0.4, -0.2) is 84.8 Å². The molecular formula is C29H41IN2O10. The predicted octanol–water partition coefficient (Wildman–Crippen LogP) is 4.20. The van der Waals surface area contributed by atoms with E-state index in [0.717, 1.165) is 12.8 Å². The van der Waals surface area contributed by atoms with Gasteiger partial charge in [0.05, 0.1) is 6.10 Å². The van der Waals surface area contributed by atoms with Crippen LogP contribution in [0.1, 0.15) is 77.6 Å². The Hall–Kier alpha value is -2.65. The van der Waals surface area contributed by atoms with Crippen LogP contribution >= 0.6 is 19.3 Å². The Morgan fingerprint density at radius 2 is 1.48 bits per heavy atom. The van der Waals surface area contributed by atoms with Crippen LogP contribution in [0.2, 0.25) is 0 Å². The third-order valence-electron chi connectivity index (χ3n) is 7.59. The van der Waals surface area contributed by atoms with Gasteiger partial charge >= 0.3 is 85.2 Å².